The van der Waals surface area contributed by atoms with Gasteiger partial charge in [0.1, 0.15) is 6.04 Å². The van der Waals surface area contributed by atoms with Gasteiger partial charge in [-0.15, -0.1) is 6.42 Å². The van der Waals surface area contributed by atoms with Crippen molar-refractivity contribution in [1.29, 1.82) is 5.26 Å². The van der Waals surface area contributed by atoms with Crippen LogP contribution in [0.15, 0.2) is 24.3 Å². The van der Waals surface area contributed by atoms with Gasteiger partial charge in [0.05, 0.1) is 12.6 Å². The Morgan fingerprint density at radius 2 is 2.20 bits per heavy atom. The van der Waals surface area contributed by atoms with Crippen molar-refractivity contribution in [3.8, 4) is 18.4 Å². The number of hydrogen-bond acceptors (Lipinski definition) is 2. The molecule has 1 unspecified atom stereocenters. The monoisotopic (exact) mass is 198 g/mol. The molecule has 1 atom stereocenters. The molecule has 2 heteroatoms. The Bertz CT molecular complexity index is 396. The number of terminal acetylenes is 1. The van der Waals surface area contributed by atoms with Gasteiger partial charge in [0.25, 0.3) is 0 Å². The first-order valence-corrected chi connectivity index (χ1v) is 4.97. The summed E-state index contributed by atoms with van der Waals surface area (Å²) in [5.41, 5.74) is 2.21. The van der Waals surface area contributed by atoms with Gasteiger partial charge in [-0.1, -0.05) is 37.1 Å². The minimum Gasteiger partial charge on any atom is -0.287 e. The minimum atomic E-state index is -0.308. The van der Waals surface area contributed by atoms with Crippen LogP contribution >= 0.6 is 0 Å². The maximum absolute atomic E-state index is 9.04. The van der Waals surface area contributed by atoms with Crippen molar-refractivity contribution in [2.45, 2.75) is 19.4 Å². The van der Waals surface area contributed by atoms with Crippen molar-refractivity contribution in [3.63, 3.8) is 0 Å². The van der Waals surface area contributed by atoms with Crippen LogP contribution in [0.3, 0.4) is 0 Å². The molecule has 0 aliphatic carbocycles. The number of benzene rings is 1. The molecule has 0 spiro atoms. The first kappa shape index (κ1) is 11.3. The number of nitrogens with zero attached hydrogens (tertiary/aromatic N) is 1. The standard InChI is InChI=1S/C13H14N2/c1-3-9-15-13(10-14)12-8-6-5-7-11(12)4-2/h1,5-8,13,15H,4,9H2,2H3. The highest BCUT2D eigenvalue weighted by atomic mass is 14.9. The zero-order valence-corrected chi connectivity index (χ0v) is 8.83. The Kier molecular flexibility index (Phi) is 4.41. The first-order valence-electron chi connectivity index (χ1n) is 4.97. The molecule has 0 heterocycles. The smallest absolute Gasteiger partial charge is 0.122 e. The summed E-state index contributed by atoms with van der Waals surface area (Å²) in [6.45, 7) is 2.49. The molecule has 0 fully saturated rings. The summed E-state index contributed by atoms with van der Waals surface area (Å²) < 4.78 is 0. The van der Waals surface area contributed by atoms with E-state index in [2.05, 4.69) is 24.2 Å². The Morgan fingerprint density at radius 1 is 1.47 bits per heavy atom. The Morgan fingerprint density at radius 3 is 2.80 bits per heavy atom. The summed E-state index contributed by atoms with van der Waals surface area (Å²) in [6.07, 6.45) is 6.08. The quantitative estimate of drug-likeness (QED) is 0.751. The topological polar surface area (TPSA) is 35.8 Å². The maximum atomic E-state index is 9.04. The number of nitriles is 1. The molecule has 0 bridgehead atoms. The normalized spacial score (nSPS) is 11.4. The van der Waals surface area contributed by atoms with Crippen LogP contribution in [0.5, 0.6) is 0 Å². The van der Waals surface area contributed by atoms with Crippen molar-refractivity contribution >= 4 is 0 Å². The van der Waals surface area contributed by atoms with Gasteiger partial charge in [0, 0.05) is 0 Å². The first-order chi connectivity index (χ1) is 7.33. The number of hydrogen-bond donors (Lipinski definition) is 1. The van der Waals surface area contributed by atoms with Crippen molar-refractivity contribution in [2.75, 3.05) is 6.54 Å². The van der Waals surface area contributed by atoms with Crippen molar-refractivity contribution < 1.29 is 0 Å². The Balaban J connectivity index is 2.92. The number of nitrogens with one attached hydrogen (secondary N) is 1. The lowest BCUT2D eigenvalue weighted by Crippen LogP contribution is -2.21. The molecule has 0 amide bonds. The predicted octanol–water partition coefficient (Wildman–Crippen LogP) is 2.04. The van der Waals surface area contributed by atoms with E-state index in [0.29, 0.717) is 6.54 Å². The van der Waals surface area contributed by atoms with Crippen LogP contribution in [0, 0.1) is 23.7 Å². The van der Waals surface area contributed by atoms with Gasteiger partial charge in [0.15, 0.2) is 0 Å². The van der Waals surface area contributed by atoms with E-state index in [-0.39, 0.29) is 6.04 Å². The molecular weight excluding hydrogens is 184 g/mol. The van der Waals surface area contributed by atoms with Crippen LogP contribution in [-0.2, 0) is 6.42 Å². The SMILES string of the molecule is C#CCNC(C#N)c1ccccc1CC. The van der Waals surface area contributed by atoms with Crippen molar-refractivity contribution in [3.05, 3.63) is 35.4 Å². The summed E-state index contributed by atoms with van der Waals surface area (Å²) in [6, 6.07) is 9.85. The van der Waals surface area contributed by atoms with E-state index >= 15 is 0 Å². The van der Waals surface area contributed by atoms with Crippen LogP contribution in [0.1, 0.15) is 24.1 Å². The summed E-state index contributed by atoms with van der Waals surface area (Å²) in [5.74, 6) is 2.48. The molecule has 0 radical (unpaired) electrons. The third-order valence-corrected chi connectivity index (χ3v) is 2.28. The van der Waals surface area contributed by atoms with Crippen LogP contribution in [0.4, 0.5) is 0 Å². The molecule has 1 aromatic carbocycles. The summed E-state index contributed by atoms with van der Waals surface area (Å²) in [4.78, 5) is 0. The highest BCUT2D eigenvalue weighted by Gasteiger charge is 2.11. The lowest BCUT2D eigenvalue weighted by Gasteiger charge is -2.13. The van der Waals surface area contributed by atoms with E-state index in [9.17, 15) is 0 Å². The van der Waals surface area contributed by atoms with E-state index in [4.69, 9.17) is 11.7 Å². The van der Waals surface area contributed by atoms with Crippen LogP contribution in [-0.4, -0.2) is 6.54 Å². The fourth-order valence-electron chi connectivity index (χ4n) is 1.52. The van der Waals surface area contributed by atoms with Crippen molar-refractivity contribution in [2.24, 2.45) is 0 Å². The second kappa shape index (κ2) is 5.86. The van der Waals surface area contributed by atoms with E-state index in [1.807, 2.05) is 24.3 Å². The predicted molar refractivity (Wildman–Crippen MR) is 61.0 cm³/mol. The summed E-state index contributed by atoms with van der Waals surface area (Å²) in [5, 5.41) is 12.1. The summed E-state index contributed by atoms with van der Waals surface area (Å²) >= 11 is 0. The van der Waals surface area contributed by atoms with Gasteiger partial charge < -0.3 is 0 Å². The van der Waals surface area contributed by atoms with Crippen LogP contribution in [0.2, 0.25) is 0 Å². The zero-order chi connectivity index (χ0) is 11.1. The van der Waals surface area contributed by atoms with Gasteiger partial charge in [-0.25, -0.2) is 0 Å². The molecule has 2 nitrogen and oxygen atoms in total. The highest BCUT2D eigenvalue weighted by Crippen LogP contribution is 2.17. The van der Waals surface area contributed by atoms with Crippen LogP contribution in [0.25, 0.3) is 0 Å². The van der Waals surface area contributed by atoms with Gasteiger partial charge in [0.2, 0.25) is 0 Å². The molecule has 0 aliphatic rings. The fraction of sp³-hybridized carbons (Fsp3) is 0.308. The van der Waals surface area contributed by atoms with Crippen molar-refractivity contribution in [1.82, 2.24) is 5.32 Å². The third kappa shape index (κ3) is 2.84. The molecule has 1 rings (SSSR count). The van der Waals surface area contributed by atoms with Gasteiger partial charge >= 0.3 is 0 Å². The molecule has 76 valence electrons. The maximum Gasteiger partial charge on any atom is 0.122 e. The fourth-order valence-corrected chi connectivity index (χ4v) is 1.52. The Hall–Kier alpha value is -1.77. The molecule has 0 saturated heterocycles. The second-order valence-electron chi connectivity index (χ2n) is 3.20. The van der Waals surface area contributed by atoms with E-state index in [0.717, 1.165) is 12.0 Å². The molecule has 1 N–H and O–H groups in total. The molecule has 0 aliphatic heterocycles. The highest BCUT2D eigenvalue weighted by molar-refractivity contribution is 5.33. The molecule has 1 aromatic rings. The Labute approximate surface area is 90.9 Å². The summed E-state index contributed by atoms with van der Waals surface area (Å²) in [7, 11) is 0. The second-order valence-corrected chi connectivity index (χ2v) is 3.20. The average Bonchev–Trinajstić information content (AvgIpc) is 2.30. The van der Waals surface area contributed by atoms with Gasteiger partial charge in [-0.3, -0.25) is 5.32 Å². The van der Waals surface area contributed by atoms with Crippen LogP contribution < -0.4 is 5.32 Å². The molecule has 0 saturated carbocycles. The lowest BCUT2D eigenvalue weighted by atomic mass is 9.99. The number of rotatable bonds is 4. The lowest BCUT2D eigenvalue weighted by molar-refractivity contribution is 0.684. The minimum absolute atomic E-state index is 0.308. The van der Waals surface area contributed by atoms with E-state index in [1.54, 1.807) is 0 Å². The molecule has 0 aromatic heterocycles. The van der Waals surface area contributed by atoms with Gasteiger partial charge in [-0.2, -0.15) is 5.26 Å². The zero-order valence-electron chi connectivity index (χ0n) is 8.83. The molecular formula is C13H14N2. The van der Waals surface area contributed by atoms with E-state index < -0.39 is 0 Å². The average molecular weight is 198 g/mol. The van der Waals surface area contributed by atoms with E-state index in [1.165, 1.54) is 5.56 Å². The number of aryl methyl sites for hydroxylation is 1. The van der Waals surface area contributed by atoms with Gasteiger partial charge in [-0.05, 0) is 17.5 Å². The molecule has 15 heavy (non-hydrogen) atoms. The third-order valence-electron chi connectivity index (χ3n) is 2.28. The largest absolute Gasteiger partial charge is 0.287 e.